The summed E-state index contributed by atoms with van der Waals surface area (Å²) in [6, 6.07) is 3.47. The second-order valence-corrected chi connectivity index (χ2v) is 4.82. The molecular formula is C15H16F3NaO3. The van der Waals surface area contributed by atoms with Gasteiger partial charge >= 0.3 is 41.7 Å². The minimum atomic E-state index is -4.77. The molecule has 1 aromatic rings. The van der Waals surface area contributed by atoms with Crippen LogP contribution in [0.15, 0.2) is 17.7 Å². The summed E-state index contributed by atoms with van der Waals surface area (Å²) in [4.78, 5) is 11.1. The summed E-state index contributed by atoms with van der Waals surface area (Å²) in [5.41, 5.74) is 1.19. The first-order chi connectivity index (χ1) is 9.77. The summed E-state index contributed by atoms with van der Waals surface area (Å²) in [6.45, 7) is 3.74. The van der Waals surface area contributed by atoms with Crippen molar-refractivity contribution in [3.63, 3.8) is 0 Å². The van der Waals surface area contributed by atoms with E-state index >= 15 is 0 Å². The molecular weight excluding hydrogens is 308 g/mol. The Hall–Kier alpha value is -0.980. The van der Waals surface area contributed by atoms with E-state index in [1.165, 1.54) is 0 Å². The zero-order valence-corrected chi connectivity index (χ0v) is 11.6. The molecule has 0 amide bonds. The third-order valence-electron chi connectivity index (χ3n) is 3.42. The van der Waals surface area contributed by atoms with E-state index in [0.717, 1.165) is 11.6 Å². The second-order valence-electron chi connectivity index (χ2n) is 4.82. The van der Waals surface area contributed by atoms with Gasteiger partial charge in [0.25, 0.3) is 0 Å². The van der Waals surface area contributed by atoms with E-state index in [9.17, 15) is 18.0 Å². The van der Waals surface area contributed by atoms with Gasteiger partial charge in [-0.2, -0.15) is 13.2 Å². The average molecular weight is 324 g/mol. The summed E-state index contributed by atoms with van der Waals surface area (Å²) in [5, 5.41) is 9.00. The van der Waals surface area contributed by atoms with E-state index in [0.29, 0.717) is 24.0 Å². The van der Waals surface area contributed by atoms with Crippen LogP contribution in [0, 0.1) is 0 Å². The Morgan fingerprint density at radius 2 is 1.91 bits per heavy atom. The molecule has 1 aliphatic rings. The van der Waals surface area contributed by atoms with Crippen molar-refractivity contribution < 1.29 is 27.8 Å². The van der Waals surface area contributed by atoms with E-state index in [2.05, 4.69) is 0 Å². The van der Waals surface area contributed by atoms with Gasteiger partial charge < -0.3 is 9.84 Å². The number of alkyl halides is 3. The van der Waals surface area contributed by atoms with Crippen LogP contribution in [-0.2, 0) is 17.6 Å². The van der Waals surface area contributed by atoms with Crippen LogP contribution in [0.3, 0.4) is 0 Å². The number of carboxylic acids is 1. The predicted molar refractivity (Wildman–Crippen MR) is 78.4 cm³/mol. The molecule has 0 aliphatic carbocycles. The quantitative estimate of drug-likeness (QED) is 0.870. The van der Waals surface area contributed by atoms with Crippen molar-refractivity contribution in [3.05, 3.63) is 34.4 Å². The molecule has 0 bridgehead atoms. The van der Waals surface area contributed by atoms with Crippen molar-refractivity contribution in [2.24, 2.45) is 0 Å². The molecule has 1 atom stereocenters. The zero-order valence-electron chi connectivity index (χ0n) is 11.6. The summed E-state index contributed by atoms with van der Waals surface area (Å²) in [7, 11) is 0. The van der Waals surface area contributed by atoms with Crippen molar-refractivity contribution in [1.82, 2.24) is 0 Å². The molecule has 3 nitrogen and oxygen atoms in total. The topological polar surface area (TPSA) is 46.5 Å². The fraction of sp³-hybridized carbons (Fsp3) is 0.400. The number of benzene rings is 1. The maximum atomic E-state index is 13.0. The van der Waals surface area contributed by atoms with Crippen molar-refractivity contribution in [2.75, 3.05) is 0 Å². The number of fused-ring (bicyclic) bond motifs is 1. The molecule has 0 saturated heterocycles. The van der Waals surface area contributed by atoms with E-state index in [1.54, 1.807) is 12.1 Å². The fourth-order valence-corrected chi connectivity index (χ4v) is 2.34. The van der Waals surface area contributed by atoms with E-state index in [1.807, 2.05) is 13.8 Å². The van der Waals surface area contributed by atoms with Crippen molar-refractivity contribution in [1.29, 1.82) is 0 Å². The summed E-state index contributed by atoms with van der Waals surface area (Å²) in [5.74, 6) is -1.50. The normalized spacial score (nSPS) is 17.0. The Balaban J connectivity index is 0.00000242. The van der Waals surface area contributed by atoms with Gasteiger partial charge in [-0.1, -0.05) is 19.9 Å². The van der Waals surface area contributed by atoms with Crippen LogP contribution < -0.4 is 4.74 Å². The molecule has 0 saturated carbocycles. The van der Waals surface area contributed by atoms with Gasteiger partial charge in [0.2, 0.25) is 6.10 Å². The molecule has 1 N–H and O–H groups in total. The molecule has 1 aliphatic heterocycles. The second kappa shape index (κ2) is 7.06. The molecule has 0 fully saturated rings. The number of hydrogen-bond donors (Lipinski definition) is 1. The van der Waals surface area contributed by atoms with Crippen molar-refractivity contribution >= 4 is 41.6 Å². The SMILES string of the molecule is CCc1cc2c(c(CC)c1)OC(C(F)(F)F)C(C(=O)O)=C2.[NaH]. The zero-order chi connectivity index (χ0) is 15.8. The summed E-state index contributed by atoms with van der Waals surface area (Å²) >= 11 is 0. The summed E-state index contributed by atoms with van der Waals surface area (Å²) < 4.78 is 44.0. The van der Waals surface area contributed by atoms with E-state index < -0.39 is 23.8 Å². The third-order valence-corrected chi connectivity index (χ3v) is 3.42. The molecule has 2 rings (SSSR count). The van der Waals surface area contributed by atoms with Gasteiger partial charge in [-0.3, -0.25) is 0 Å². The molecule has 116 valence electrons. The number of aryl methyl sites for hydroxylation is 2. The first-order valence-corrected chi connectivity index (χ1v) is 6.62. The number of halogens is 3. The number of carboxylic acid groups (broad SMARTS) is 1. The molecule has 22 heavy (non-hydrogen) atoms. The molecule has 1 aromatic carbocycles. The summed E-state index contributed by atoms with van der Waals surface area (Å²) in [6.07, 6.45) is -4.91. The Kier molecular flexibility index (Phi) is 6.12. The first-order valence-electron chi connectivity index (χ1n) is 6.62. The standard InChI is InChI=1S/C15H15F3O3.Na.H/c1-3-8-5-9(4-2)12-10(6-8)7-11(14(19)20)13(21-12)15(16,17)18;;/h5-7,13H,3-4H2,1-2H3,(H,19,20);;. The van der Waals surface area contributed by atoms with Crippen molar-refractivity contribution in [2.45, 2.75) is 39.0 Å². The van der Waals surface area contributed by atoms with Crippen molar-refractivity contribution in [3.8, 4) is 5.75 Å². The van der Waals surface area contributed by atoms with Crippen LogP contribution in [0.4, 0.5) is 13.2 Å². The van der Waals surface area contributed by atoms with Gasteiger partial charge in [0.15, 0.2) is 0 Å². The fourth-order valence-electron chi connectivity index (χ4n) is 2.34. The number of carbonyl (C=O) groups is 1. The Bertz CT molecular complexity index is 609. The Labute approximate surface area is 148 Å². The minimum absolute atomic E-state index is 0. The van der Waals surface area contributed by atoms with Crippen LogP contribution in [-0.4, -0.2) is 52.9 Å². The number of aliphatic carboxylic acids is 1. The van der Waals surface area contributed by atoms with Gasteiger partial charge in [-0.05, 0) is 36.1 Å². The molecule has 1 heterocycles. The average Bonchev–Trinajstić information content (AvgIpc) is 2.43. The maximum absolute atomic E-state index is 13.0. The van der Waals surface area contributed by atoms with Gasteiger partial charge in [0.05, 0.1) is 5.57 Å². The van der Waals surface area contributed by atoms with Gasteiger partial charge in [0.1, 0.15) is 5.75 Å². The molecule has 0 spiro atoms. The molecule has 7 heteroatoms. The van der Waals surface area contributed by atoms with Gasteiger partial charge in [0, 0.05) is 5.56 Å². The van der Waals surface area contributed by atoms with Gasteiger partial charge in [-0.15, -0.1) is 0 Å². The van der Waals surface area contributed by atoms with Crippen LogP contribution in [0.25, 0.3) is 6.08 Å². The number of hydrogen-bond acceptors (Lipinski definition) is 2. The third kappa shape index (κ3) is 3.67. The van der Waals surface area contributed by atoms with E-state index in [4.69, 9.17) is 9.84 Å². The van der Waals surface area contributed by atoms with Crippen LogP contribution in [0.5, 0.6) is 5.75 Å². The Morgan fingerprint density at radius 3 is 2.36 bits per heavy atom. The van der Waals surface area contributed by atoms with E-state index in [-0.39, 0.29) is 35.3 Å². The number of rotatable bonds is 3. The van der Waals surface area contributed by atoms with Crippen LogP contribution >= 0.6 is 0 Å². The predicted octanol–water partition coefficient (Wildman–Crippen LogP) is 2.95. The number of ether oxygens (including phenoxy) is 1. The Morgan fingerprint density at radius 1 is 1.27 bits per heavy atom. The first kappa shape index (κ1) is 19.1. The molecule has 0 aromatic heterocycles. The van der Waals surface area contributed by atoms with Crippen LogP contribution in [0.1, 0.15) is 30.5 Å². The molecule has 1 unspecified atom stereocenters. The molecule has 0 radical (unpaired) electrons. The monoisotopic (exact) mass is 324 g/mol. The van der Waals surface area contributed by atoms with Crippen LogP contribution in [0.2, 0.25) is 0 Å². The van der Waals surface area contributed by atoms with Gasteiger partial charge in [-0.25, -0.2) is 4.79 Å².